The predicted molar refractivity (Wildman–Crippen MR) is 138 cm³/mol. The van der Waals surface area contributed by atoms with Crippen molar-refractivity contribution in [3.05, 3.63) is 90.7 Å². The van der Waals surface area contributed by atoms with Gasteiger partial charge in [0, 0.05) is 17.0 Å². The van der Waals surface area contributed by atoms with E-state index in [9.17, 15) is 19.4 Å². The van der Waals surface area contributed by atoms with E-state index < -0.39 is 12.0 Å². The van der Waals surface area contributed by atoms with Gasteiger partial charge in [-0.1, -0.05) is 42.5 Å². The maximum Gasteiger partial charge on any atom is 0.511 e. The normalized spacial score (nSPS) is 11.2. The summed E-state index contributed by atoms with van der Waals surface area (Å²) in [5.41, 5.74) is 2.03. The van der Waals surface area contributed by atoms with Gasteiger partial charge in [0.25, 0.3) is 0 Å². The summed E-state index contributed by atoms with van der Waals surface area (Å²) in [7, 11) is 1.37. The number of benzene rings is 4. The number of aromatic nitrogens is 1. The number of azo groups is 1. The Labute approximate surface area is 215 Å². The average Bonchev–Trinajstić information content (AvgIpc) is 3.18. The Bertz CT molecular complexity index is 1710. The van der Waals surface area contributed by atoms with Crippen LogP contribution >= 0.6 is 0 Å². The third kappa shape index (κ3) is 4.46. The minimum Gasteiger partial charge on any atom is -0.505 e. The van der Waals surface area contributed by atoms with Gasteiger partial charge >= 0.3 is 6.16 Å². The molecule has 9 nitrogen and oxygen atoms in total. The van der Waals surface area contributed by atoms with Crippen molar-refractivity contribution in [2.45, 2.75) is 0 Å². The second-order valence-electron chi connectivity index (χ2n) is 8.11. The largest absolute Gasteiger partial charge is 0.511 e. The van der Waals surface area contributed by atoms with Gasteiger partial charge in [-0.25, -0.2) is 9.18 Å². The second kappa shape index (κ2) is 9.94. The quantitative estimate of drug-likeness (QED) is 0.124. The Morgan fingerprint density at radius 2 is 1.71 bits per heavy atom. The number of hydrogen-bond acceptors (Lipinski definition) is 7. The van der Waals surface area contributed by atoms with Gasteiger partial charge in [0.2, 0.25) is 5.88 Å². The summed E-state index contributed by atoms with van der Waals surface area (Å²) in [4.78, 5) is 10.9. The van der Waals surface area contributed by atoms with E-state index in [1.807, 2.05) is 0 Å². The van der Waals surface area contributed by atoms with Crippen LogP contribution in [0.5, 0.6) is 23.1 Å². The summed E-state index contributed by atoms with van der Waals surface area (Å²) in [6, 6.07) is 22.4. The summed E-state index contributed by atoms with van der Waals surface area (Å²) in [5.74, 6) is -0.906. The van der Waals surface area contributed by atoms with E-state index in [-0.39, 0.29) is 34.5 Å². The first kappa shape index (κ1) is 24.3. The van der Waals surface area contributed by atoms with E-state index in [4.69, 9.17) is 14.6 Å². The van der Waals surface area contributed by atoms with Crippen molar-refractivity contribution in [3.8, 4) is 39.9 Å². The molecule has 0 aliphatic rings. The van der Waals surface area contributed by atoms with Crippen molar-refractivity contribution in [1.29, 1.82) is 0 Å². The Morgan fingerprint density at radius 1 is 0.921 bits per heavy atom. The van der Waals surface area contributed by atoms with Gasteiger partial charge in [-0.05, 0) is 42.0 Å². The first-order chi connectivity index (χ1) is 18.4. The number of nitrogens with zero attached hydrogens (tertiary/aromatic N) is 3. The van der Waals surface area contributed by atoms with Crippen LogP contribution in [0.25, 0.3) is 27.7 Å². The number of carbonyl (C=O) groups is 1. The number of aromatic hydroxyl groups is 2. The molecule has 38 heavy (non-hydrogen) atoms. The van der Waals surface area contributed by atoms with Crippen molar-refractivity contribution < 1.29 is 34.0 Å². The fourth-order valence-corrected chi connectivity index (χ4v) is 4.14. The van der Waals surface area contributed by atoms with Gasteiger partial charge in [0.05, 0.1) is 18.3 Å². The predicted octanol–water partition coefficient (Wildman–Crippen LogP) is 7.33. The maximum atomic E-state index is 14.4. The molecule has 10 heteroatoms. The van der Waals surface area contributed by atoms with Crippen molar-refractivity contribution in [2.75, 3.05) is 7.11 Å². The molecule has 1 heterocycles. The minimum absolute atomic E-state index is 0.0695. The highest BCUT2D eigenvalue weighted by Gasteiger charge is 2.19. The Balaban J connectivity index is 1.57. The van der Waals surface area contributed by atoms with Gasteiger partial charge < -0.3 is 24.8 Å². The number of carboxylic acid groups (broad SMARTS) is 1. The summed E-state index contributed by atoms with van der Waals surface area (Å²) in [6.45, 7) is 0. The Kier molecular flexibility index (Phi) is 6.36. The van der Waals surface area contributed by atoms with Gasteiger partial charge in [-0.3, -0.25) is 4.57 Å². The van der Waals surface area contributed by atoms with Crippen LogP contribution in [0.3, 0.4) is 0 Å². The standard InChI is InChI=1S/C28H20FN3O6/c1-37-24-13-12-17(15-21(24)29)32-23-11-3-2-8-20(23)25(27(32)34)31-30-22-10-5-9-19(26(22)33)16-6-4-7-18(14-16)38-28(35)36/h2-15,33-34H,1H3,(H,35,36). The molecule has 0 unspecified atom stereocenters. The number of halogens is 1. The fourth-order valence-electron chi connectivity index (χ4n) is 4.14. The summed E-state index contributed by atoms with van der Waals surface area (Å²) in [5, 5.41) is 39.8. The Hall–Kier alpha value is -5.38. The second-order valence-corrected chi connectivity index (χ2v) is 8.11. The molecule has 0 spiro atoms. The number of ether oxygens (including phenoxy) is 2. The van der Waals surface area contributed by atoms with Crippen LogP contribution in [-0.4, -0.2) is 33.2 Å². The first-order valence-electron chi connectivity index (χ1n) is 11.3. The summed E-state index contributed by atoms with van der Waals surface area (Å²) < 4.78 is 25.6. The molecule has 0 amide bonds. The molecule has 0 saturated carbocycles. The molecule has 5 aromatic rings. The molecule has 0 aliphatic carbocycles. The Morgan fingerprint density at radius 3 is 2.47 bits per heavy atom. The van der Waals surface area contributed by atoms with Gasteiger partial charge in [0.1, 0.15) is 11.4 Å². The van der Waals surface area contributed by atoms with Crippen molar-refractivity contribution in [3.63, 3.8) is 0 Å². The number of phenols is 1. The minimum atomic E-state index is -1.45. The molecular weight excluding hydrogens is 493 g/mol. The number of methoxy groups -OCH3 is 1. The third-order valence-corrected chi connectivity index (χ3v) is 5.84. The topological polar surface area (TPSA) is 126 Å². The molecule has 0 aliphatic heterocycles. The monoisotopic (exact) mass is 513 g/mol. The first-order valence-corrected chi connectivity index (χ1v) is 11.3. The van der Waals surface area contributed by atoms with E-state index in [1.54, 1.807) is 54.6 Å². The summed E-state index contributed by atoms with van der Waals surface area (Å²) >= 11 is 0. The van der Waals surface area contributed by atoms with Gasteiger partial charge in [-0.2, -0.15) is 0 Å². The zero-order chi connectivity index (χ0) is 26.8. The lowest BCUT2D eigenvalue weighted by Gasteiger charge is -2.09. The maximum absolute atomic E-state index is 14.4. The number of para-hydroxylation sites is 2. The highest BCUT2D eigenvalue weighted by Crippen LogP contribution is 2.43. The number of phenolic OH excluding ortho intramolecular Hbond substituents is 1. The highest BCUT2D eigenvalue weighted by atomic mass is 19.1. The van der Waals surface area contributed by atoms with Crippen molar-refractivity contribution in [2.24, 2.45) is 10.2 Å². The smallest absolute Gasteiger partial charge is 0.505 e. The van der Waals surface area contributed by atoms with Crippen LogP contribution in [0, 0.1) is 5.82 Å². The lowest BCUT2D eigenvalue weighted by Crippen LogP contribution is -2.02. The zero-order valence-corrected chi connectivity index (χ0v) is 19.9. The molecule has 0 fully saturated rings. The molecule has 5 rings (SSSR count). The van der Waals surface area contributed by atoms with E-state index in [1.165, 1.54) is 42.0 Å². The zero-order valence-electron chi connectivity index (χ0n) is 19.9. The van der Waals surface area contributed by atoms with E-state index in [2.05, 4.69) is 10.2 Å². The average molecular weight is 513 g/mol. The van der Waals surface area contributed by atoms with E-state index in [0.29, 0.717) is 27.7 Å². The molecule has 4 aromatic carbocycles. The van der Waals surface area contributed by atoms with Crippen LogP contribution in [0.1, 0.15) is 0 Å². The fraction of sp³-hybridized carbons (Fsp3) is 0.0357. The molecule has 0 bridgehead atoms. The molecule has 3 N–H and O–H groups in total. The lowest BCUT2D eigenvalue weighted by atomic mass is 10.0. The highest BCUT2D eigenvalue weighted by molar-refractivity contribution is 5.96. The molecular formula is C28H20FN3O6. The molecule has 0 saturated heterocycles. The summed E-state index contributed by atoms with van der Waals surface area (Å²) in [6.07, 6.45) is -1.45. The van der Waals surface area contributed by atoms with Crippen molar-refractivity contribution in [1.82, 2.24) is 4.57 Å². The van der Waals surface area contributed by atoms with E-state index >= 15 is 0 Å². The van der Waals surface area contributed by atoms with Crippen molar-refractivity contribution >= 4 is 28.4 Å². The number of rotatable bonds is 6. The molecule has 0 atom stereocenters. The number of fused-ring (bicyclic) bond motifs is 1. The van der Waals surface area contributed by atoms with Crippen LogP contribution in [0.15, 0.2) is 95.2 Å². The number of hydrogen-bond donors (Lipinski definition) is 3. The molecule has 1 aromatic heterocycles. The van der Waals surface area contributed by atoms with Gasteiger partial charge in [-0.15, -0.1) is 10.2 Å². The van der Waals surface area contributed by atoms with Gasteiger partial charge in [0.15, 0.2) is 23.0 Å². The van der Waals surface area contributed by atoms with Crippen LogP contribution in [0.4, 0.5) is 20.6 Å². The lowest BCUT2D eigenvalue weighted by molar-refractivity contribution is 0.144. The van der Waals surface area contributed by atoms with Crippen LogP contribution < -0.4 is 9.47 Å². The van der Waals surface area contributed by atoms with Crippen LogP contribution in [-0.2, 0) is 0 Å². The SMILES string of the molecule is COc1ccc(-n2c(O)c(N=Nc3cccc(-c4cccc(OC(=O)O)c4)c3O)c3ccccc32)cc1F. The van der Waals surface area contributed by atoms with Crippen LogP contribution in [0.2, 0.25) is 0 Å². The third-order valence-electron chi connectivity index (χ3n) is 5.84. The molecule has 0 radical (unpaired) electrons. The van der Waals surface area contributed by atoms with E-state index in [0.717, 1.165) is 0 Å². The molecule has 190 valence electrons.